The van der Waals surface area contributed by atoms with E-state index in [2.05, 4.69) is 38.8 Å². The number of benzene rings is 3. The first kappa shape index (κ1) is 25.2. The number of para-hydroxylation sites is 1. The predicted molar refractivity (Wildman–Crippen MR) is 141 cm³/mol. The molecular weight excluding hydrogens is 621 g/mol. The third-order valence-corrected chi connectivity index (χ3v) is 5.55. The van der Waals surface area contributed by atoms with Crippen molar-refractivity contribution in [1.29, 1.82) is 0 Å². The molecule has 3 aromatic carbocycles. The molecule has 0 bridgehead atoms. The number of rotatable bonds is 3. The van der Waals surface area contributed by atoms with Gasteiger partial charge in [0.05, 0.1) is 22.6 Å². The summed E-state index contributed by atoms with van der Waals surface area (Å²) in [6.07, 6.45) is 1.79. The second-order valence-corrected chi connectivity index (χ2v) is 8.09. The fraction of sp³-hybridized carbons (Fsp3) is 0.0645. The van der Waals surface area contributed by atoms with Gasteiger partial charge < -0.3 is 9.55 Å². The molecule has 3 heterocycles. The van der Waals surface area contributed by atoms with Crippen LogP contribution in [0.2, 0.25) is 0 Å². The molecule has 0 spiro atoms. The Kier molecular flexibility index (Phi) is 8.17. The van der Waals surface area contributed by atoms with Crippen LogP contribution in [-0.2, 0) is 20.1 Å². The summed E-state index contributed by atoms with van der Waals surface area (Å²) in [6.45, 7) is 4.04. The van der Waals surface area contributed by atoms with Crippen LogP contribution in [0.1, 0.15) is 11.4 Å². The first-order valence-electron chi connectivity index (χ1n) is 11.5. The van der Waals surface area contributed by atoms with E-state index < -0.39 is 0 Å². The van der Waals surface area contributed by atoms with Crippen molar-refractivity contribution < 1.29 is 20.1 Å². The van der Waals surface area contributed by atoms with E-state index in [9.17, 15) is 0 Å². The van der Waals surface area contributed by atoms with Gasteiger partial charge in [0.1, 0.15) is 0 Å². The number of fused-ring (bicyclic) bond motifs is 1. The van der Waals surface area contributed by atoms with Crippen LogP contribution in [0.4, 0.5) is 0 Å². The molecular formula is C31H24IrN4-2. The smallest absolute Gasteiger partial charge is 0.0852 e. The number of pyridine rings is 2. The summed E-state index contributed by atoms with van der Waals surface area (Å²) in [5, 5.41) is 0. The molecule has 6 aromatic rings. The maximum atomic E-state index is 4.87. The van der Waals surface area contributed by atoms with Crippen molar-refractivity contribution in [2.45, 2.75) is 13.8 Å². The largest absolute Gasteiger partial charge is 0.332 e. The van der Waals surface area contributed by atoms with Crippen LogP contribution >= 0.6 is 0 Å². The maximum absolute atomic E-state index is 4.87. The SMILES string of the molecule is Cc1cc2nc(-c3[c-]cccc3)n(-c3ccccc3)c2c(C)n1.[Ir].[c-]1ccccc1-c1ccccn1. The average molecular weight is 645 g/mol. The van der Waals surface area contributed by atoms with Crippen LogP contribution in [0.3, 0.4) is 0 Å². The summed E-state index contributed by atoms with van der Waals surface area (Å²) < 4.78 is 2.17. The minimum Gasteiger partial charge on any atom is -0.332 e. The van der Waals surface area contributed by atoms with Gasteiger partial charge in [-0.2, -0.15) is 0 Å². The molecule has 0 fully saturated rings. The second kappa shape index (κ2) is 11.7. The molecule has 3 aromatic heterocycles. The summed E-state index contributed by atoms with van der Waals surface area (Å²) in [7, 11) is 0. The van der Waals surface area contributed by atoms with Crippen molar-refractivity contribution in [2.24, 2.45) is 0 Å². The molecule has 179 valence electrons. The van der Waals surface area contributed by atoms with E-state index >= 15 is 0 Å². The summed E-state index contributed by atoms with van der Waals surface area (Å²) in [5.74, 6) is 0.891. The number of hydrogen-bond donors (Lipinski definition) is 0. The summed E-state index contributed by atoms with van der Waals surface area (Å²) >= 11 is 0. The molecule has 0 aliphatic heterocycles. The molecule has 0 saturated heterocycles. The van der Waals surface area contributed by atoms with Crippen molar-refractivity contribution in [1.82, 2.24) is 19.5 Å². The van der Waals surface area contributed by atoms with Gasteiger partial charge >= 0.3 is 0 Å². The van der Waals surface area contributed by atoms with E-state index in [1.165, 1.54) is 0 Å². The molecule has 1 radical (unpaired) electrons. The normalized spacial score (nSPS) is 10.3. The summed E-state index contributed by atoms with van der Waals surface area (Å²) in [5.41, 5.74) is 8.05. The Bertz CT molecular complexity index is 1490. The van der Waals surface area contributed by atoms with Crippen LogP contribution < -0.4 is 0 Å². The molecule has 0 N–H and O–H groups in total. The quantitative estimate of drug-likeness (QED) is 0.194. The van der Waals surface area contributed by atoms with Crippen molar-refractivity contribution in [3.63, 3.8) is 0 Å². The zero-order valence-corrected chi connectivity index (χ0v) is 22.4. The number of aryl methyl sites for hydroxylation is 2. The summed E-state index contributed by atoms with van der Waals surface area (Å²) in [4.78, 5) is 13.7. The van der Waals surface area contributed by atoms with Gasteiger partial charge in [0, 0.05) is 37.7 Å². The zero-order valence-electron chi connectivity index (χ0n) is 20.0. The minimum absolute atomic E-state index is 0. The van der Waals surface area contributed by atoms with E-state index in [4.69, 9.17) is 4.98 Å². The van der Waals surface area contributed by atoms with Gasteiger partial charge in [0.15, 0.2) is 0 Å². The van der Waals surface area contributed by atoms with Gasteiger partial charge in [-0.15, -0.1) is 71.8 Å². The Labute approximate surface area is 225 Å². The molecule has 6 rings (SSSR count). The molecule has 0 saturated carbocycles. The fourth-order valence-corrected chi connectivity index (χ4v) is 4.05. The van der Waals surface area contributed by atoms with E-state index in [0.717, 1.165) is 50.8 Å². The van der Waals surface area contributed by atoms with Crippen LogP contribution in [-0.4, -0.2) is 19.5 Å². The Morgan fingerprint density at radius 1 is 0.694 bits per heavy atom. The van der Waals surface area contributed by atoms with E-state index in [1.807, 2.05) is 105 Å². The van der Waals surface area contributed by atoms with Crippen LogP contribution in [0.5, 0.6) is 0 Å². The Balaban J connectivity index is 0.000000198. The van der Waals surface area contributed by atoms with Gasteiger partial charge in [-0.3, -0.25) is 9.97 Å². The van der Waals surface area contributed by atoms with Gasteiger partial charge in [0.2, 0.25) is 0 Å². The maximum Gasteiger partial charge on any atom is 0.0852 e. The molecule has 0 atom stereocenters. The second-order valence-electron chi connectivity index (χ2n) is 8.09. The van der Waals surface area contributed by atoms with Crippen molar-refractivity contribution >= 4 is 11.0 Å². The Hall–Kier alpha value is -3.92. The van der Waals surface area contributed by atoms with E-state index in [-0.39, 0.29) is 20.1 Å². The van der Waals surface area contributed by atoms with Crippen molar-refractivity contribution in [3.05, 3.63) is 133 Å². The third kappa shape index (κ3) is 5.49. The topological polar surface area (TPSA) is 43.6 Å². The Morgan fingerprint density at radius 3 is 2.00 bits per heavy atom. The monoisotopic (exact) mass is 645 g/mol. The van der Waals surface area contributed by atoms with E-state index in [0.29, 0.717) is 0 Å². The van der Waals surface area contributed by atoms with Gasteiger partial charge in [0.25, 0.3) is 0 Å². The van der Waals surface area contributed by atoms with Crippen molar-refractivity contribution in [2.75, 3.05) is 0 Å². The number of aromatic nitrogens is 4. The third-order valence-electron chi connectivity index (χ3n) is 5.55. The number of nitrogens with zero attached hydrogens (tertiary/aromatic N) is 4. The van der Waals surface area contributed by atoms with Crippen LogP contribution in [0.25, 0.3) is 39.4 Å². The van der Waals surface area contributed by atoms with Gasteiger partial charge in [-0.05, 0) is 43.8 Å². The van der Waals surface area contributed by atoms with Gasteiger partial charge in [-0.1, -0.05) is 30.3 Å². The molecule has 0 amide bonds. The predicted octanol–water partition coefficient (Wildman–Crippen LogP) is 7.05. The molecule has 4 nitrogen and oxygen atoms in total. The van der Waals surface area contributed by atoms with E-state index in [1.54, 1.807) is 6.20 Å². The van der Waals surface area contributed by atoms with Crippen molar-refractivity contribution in [3.8, 4) is 28.3 Å². The average Bonchev–Trinajstić information content (AvgIpc) is 3.31. The number of imidazole rings is 1. The first-order valence-corrected chi connectivity index (χ1v) is 11.5. The van der Waals surface area contributed by atoms with Crippen LogP contribution in [0.15, 0.2) is 109 Å². The van der Waals surface area contributed by atoms with Gasteiger partial charge in [-0.25, -0.2) is 0 Å². The molecule has 36 heavy (non-hydrogen) atoms. The molecule has 0 unspecified atom stereocenters. The minimum atomic E-state index is 0. The fourth-order valence-electron chi connectivity index (χ4n) is 4.05. The molecule has 0 aliphatic rings. The molecule has 5 heteroatoms. The zero-order chi connectivity index (χ0) is 24.0. The van der Waals surface area contributed by atoms with Crippen LogP contribution in [0, 0.1) is 26.0 Å². The summed E-state index contributed by atoms with van der Waals surface area (Å²) in [6, 6.07) is 40.4. The number of hydrogen-bond acceptors (Lipinski definition) is 3. The Morgan fingerprint density at radius 2 is 1.36 bits per heavy atom. The molecule has 0 aliphatic carbocycles. The first-order chi connectivity index (χ1) is 17.2. The standard InChI is InChI=1S/C20H16N3.C11H8N.Ir/c1-14-13-18-19(15(2)21-14)23(17-11-7-4-8-12-17)20(22-18)16-9-5-3-6-10-16;1-2-6-10(7-3-1)11-8-4-5-9-12-11;/h3-9,11-13H,1-2H3;1-6,8-9H;/q2*-1;.